The van der Waals surface area contributed by atoms with Gasteiger partial charge in [0, 0.05) is 43.8 Å². The number of sulfonamides is 1. The van der Waals surface area contributed by atoms with E-state index in [0.717, 1.165) is 24.3 Å². The van der Waals surface area contributed by atoms with Gasteiger partial charge in [0.05, 0.1) is 5.52 Å². The fraction of sp³-hybridized carbons (Fsp3) is 0.316. The minimum atomic E-state index is -3.66. The molecule has 0 unspecified atom stereocenters. The summed E-state index contributed by atoms with van der Waals surface area (Å²) in [6.07, 6.45) is 5.48. The molecule has 3 heterocycles. The van der Waals surface area contributed by atoms with E-state index < -0.39 is 10.0 Å². The molecule has 1 aliphatic rings. The third-order valence-electron chi connectivity index (χ3n) is 4.69. The number of hydrogen-bond donors (Lipinski definition) is 2. The fourth-order valence-corrected chi connectivity index (χ4v) is 4.52. The van der Waals surface area contributed by atoms with E-state index in [1.807, 2.05) is 18.2 Å². The summed E-state index contributed by atoms with van der Waals surface area (Å²) < 4.78 is 28.0. The Bertz CT molecular complexity index is 1060. The molecule has 146 valence electrons. The maximum Gasteiger partial charge on any atom is 0.242 e. The van der Waals surface area contributed by atoms with Gasteiger partial charge in [0.2, 0.25) is 10.0 Å². The molecule has 0 aliphatic carbocycles. The van der Waals surface area contributed by atoms with Gasteiger partial charge in [-0.15, -0.1) is 0 Å². The van der Waals surface area contributed by atoms with E-state index in [-0.39, 0.29) is 11.4 Å². The van der Waals surface area contributed by atoms with Gasteiger partial charge in [-0.1, -0.05) is 18.2 Å². The van der Waals surface area contributed by atoms with Gasteiger partial charge in [0.1, 0.15) is 22.9 Å². The molecule has 0 radical (unpaired) electrons. The van der Waals surface area contributed by atoms with E-state index in [4.69, 9.17) is 0 Å². The first-order valence-electron chi connectivity index (χ1n) is 9.28. The lowest BCUT2D eigenvalue weighted by molar-refractivity contribution is 0.583. The maximum atomic E-state index is 12.7. The molecular formula is C19H22N6O2S. The Morgan fingerprint density at radius 1 is 1.00 bits per heavy atom. The number of benzene rings is 1. The van der Waals surface area contributed by atoms with E-state index in [2.05, 4.69) is 29.9 Å². The maximum absolute atomic E-state index is 12.7. The Morgan fingerprint density at radius 2 is 1.82 bits per heavy atom. The Morgan fingerprint density at radius 3 is 2.68 bits per heavy atom. The lowest BCUT2D eigenvalue weighted by Gasteiger charge is -2.16. The van der Waals surface area contributed by atoms with Crippen LogP contribution in [-0.4, -0.2) is 49.5 Å². The minimum Gasteiger partial charge on any atom is -0.369 e. The predicted molar refractivity (Wildman–Crippen MR) is 109 cm³/mol. The summed E-state index contributed by atoms with van der Waals surface area (Å²) >= 11 is 0. The first kappa shape index (κ1) is 18.6. The van der Waals surface area contributed by atoms with Crippen molar-refractivity contribution in [2.75, 3.05) is 36.4 Å². The average molecular weight is 398 g/mol. The Balaban J connectivity index is 1.38. The summed E-state index contributed by atoms with van der Waals surface area (Å²) in [4.78, 5) is 15.1. The molecule has 9 heteroatoms. The van der Waals surface area contributed by atoms with Gasteiger partial charge in [-0.25, -0.2) is 23.1 Å². The largest absolute Gasteiger partial charge is 0.369 e. The van der Waals surface area contributed by atoms with E-state index in [0.29, 0.717) is 17.9 Å². The minimum absolute atomic E-state index is 0.184. The molecule has 0 atom stereocenters. The van der Waals surface area contributed by atoms with Gasteiger partial charge in [0.25, 0.3) is 0 Å². The molecule has 1 fully saturated rings. The van der Waals surface area contributed by atoms with Crippen molar-refractivity contribution in [3.8, 4) is 0 Å². The van der Waals surface area contributed by atoms with Crippen LogP contribution in [-0.2, 0) is 10.0 Å². The number of anilines is 2. The highest BCUT2D eigenvalue weighted by Crippen LogP contribution is 2.21. The van der Waals surface area contributed by atoms with Gasteiger partial charge in [0.15, 0.2) is 0 Å². The Labute approximate surface area is 164 Å². The normalized spacial score (nSPS) is 14.5. The van der Waals surface area contributed by atoms with Gasteiger partial charge in [-0.05, 0) is 25.0 Å². The summed E-state index contributed by atoms with van der Waals surface area (Å²) in [6, 6.07) is 10.7. The molecule has 3 aromatic rings. The highest BCUT2D eigenvalue weighted by atomic mass is 32.2. The number of nitrogens with one attached hydrogen (secondary N) is 2. The molecule has 2 N–H and O–H groups in total. The first-order chi connectivity index (χ1) is 13.6. The zero-order valence-electron chi connectivity index (χ0n) is 15.4. The Hall–Kier alpha value is -2.78. The van der Waals surface area contributed by atoms with Crippen LogP contribution in [0.5, 0.6) is 0 Å². The summed E-state index contributed by atoms with van der Waals surface area (Å²) in [6.45, 7) is 2.66. The number of aromatic nitrogens is 3. The number of pyridine rings is 1. The number of para-hydroxylation sites is 1. The Kier molecular flexibility index (Phi) is 5.36. The molecule has 0 bridgehead atoms. The van der Waals surface area contributed by atoms with Crippen molar-refractivity contribution in [1.82, 2.24) is 19.7 Å². The van der Waals surface area contributed by atoms with Crippen molar-refractivity contribution < 1.29 is 8.42 Å². The summed E-state index contributed by atoms with van der Waals surface area (Å²) in [7, 11) is -3.66. The van der Waals surface area contributed by atoms with Crippen LogP contribution in [0.3, 0.4) is 0 Å². The van der Waals surface area contributed by atoms with E-state index in [1.165, 1.54) is 19.2 Å². The van der Waals surface area contributed by atoms with Crippen LogP contribution in [0, 0.1) is 0 Å². The second-order valence-electron chi connectivity index (χ2n) is 6.61. The lowest BCUT2D eigenvalue weighted by atomic mass is 10.2. The lowest BCUT2D eigenvalue weighted by Crippen LogP contribution is -2.29. The van der Waals surface area contributed by atoms with Gasteiger partial charge in [-0.2, -0.15) is 0 Å². The second-order valence-corrected chi connectivity index (χ2v) is 8.35. The van der Waals surface area contributed by atoms with Crippen molar-refractivity contribution >= 4 is 32.6 Å². The van der Waals surface area contributed by atoms with Crippen LogP contribution in [0.15, 0.2) is 53.8 Å². The summed E-state index contributed by atoms with van der Waals surface area (Å²) in [5.41, 5.74) is 0.469. The third-order valence-corrected chi connectivity index (χ3v) is 6.18. The molecule has 8 nitrogen and oxygen atoms in total. The summed E-state index contributed by atoms with van der Waals surface area (Å²) in [5.74, 6) is 1.58. The van der Waals surface area contributed by atoms with Crippen LogP contribution < -0.4 is 14.9 Å². The molecule has 2 aromatic heterocycles. The van der Waals surface area contributed by atoms with Crippen molar-refractivity contribution in [3.05, 3.63) is 48.9 Å². The topological polar surface area (TPSA) is 100 Å². The molecule has 28 heavy (non-hydrogen) atoms. The number of hydrogen-bond acceptors (Lipinski definition) is 7. The first-order valence-corrected chi connectivity index (χ1v) is 10.8. The zero-order chi connectivity index (χ0) is 19.4. The molecule has 1 aromatic carbocycles. The van der Waals surface area contributed by atoms with E-state index >= 15 is 0 Å². The van der Waals surface area contributed by atoms with Crippen LogP contribution in [0.1, 0.15) is 12.8 Å². The summed E-state index contributed by atoms with van der Waals surface area (Å²) in [5, 5.41) is 3.94. The number of nitrogens with zero attached hydrogens (tertiary/aromatic N) is 4. The SMILES string of the molecule is O=S(=O)(NCCNc1cc(N2CCCC2)ncn1)c1cccc2cccnc12. The number of rotatable bonds is 7. The number of fused-ring (bicyclic) bond motifs is 1. The van der Waals surface area contributed by atoms with Crippen molar-refractivity contribution in [1.29, 1.82) is 0 Å². The van der Waals surface area contributed by atoms with Crippen LogP contribution >= 0.6 is 0 Å². The molecule has 1 aliphatic heterocycles. The van der Waals surface area contributed by atoms with Crippen molar-refractivity contribution in [3.63, 3.8) is 0 Å². The van der Waals surface area contributed by atoms with Gasteiger partial charge in [-0.3, -0.25) is 4.98 Å². The highest BCUT2D eigenvalue weighted by Gasteiger charge is 2.17. The standard InChI is InChI=1S/C19H22N6O2S/c26-28(27,16-7-3-5-15-6-4-8-21-19(15)16)24-10-9-20-17-13-18(23-14-22-17)25-11-1-2-12-25/h3-8,13-14,24H,1-2,9-12H2,(H,20,22,23). The van der Waals surface area contributed by atoms with Crippen LogP contribution in [0.4, 0.5) is 11.6 Å². The van der Waals surface area contributed by atoms with E-state index in [9.17, 15) is 8.42 Å². The second kappa shape index (κ2) is 8.07. The molecule has 4 rings (SSSR count). The molecule has 0 amide bonds. The predicted octanol–water partition coefficient (Wildman–Crippen LogP) is 2.02. The molecule has 0 saturated carbocycles. The zero-order valence-corrected chi connectivity index (χ0v) is 16.2. The molecule has 0 spiro atoms. The molecule has 1 saturated heterocycles. The van der Waals surface area contributed by atoms with Gasteiger partial charge < -0.3 is 10.2 Å². The van der Waals surface area contributed by atoms with Crippen molar-refractivity contribution in [2.45, 2.75) is 17.7 Å². The van der Waals surface area contributed by atoms with E-state index in [1.54, 1.807) is 24.4 Å². The monoisotopic (exact) mass is 398 g/mol. The van der Waals surface area contributed by atoms with Crippen molar-refractivity contribution in [2.24, 2.45) is 0 Å². The quantitative estimate of drug-likeness (QED) is 0.587. The smallest absolute Gasteiger partial charge is 0.242 e. The molecular weight excluding hydrogens is 376 g/mol. The third kappa shape index (κ3) is 4.05. The average Bonchev–Trinajstić information content (AvgIpc) is 3.26. The van der Waals surface area contributed by atoms with Gasteiger partial charge >= 0.3 is 0 Å². The highest BCUT2D eigenvalue weighted by molar-refractivity contribution is 7.89. The van der Waals surface area contributed by atoms with Crippen LogP contribution in [0.25, 0.3) is 10.9 Å². The fourth-order valence-electron chi connectivity index (χ4n) is 3.31. The van der Waals surface area contributed by atoms with Crippen LogP contribution in [0.2, 0.25) is 0 Å².